The first-order valence-corrected chi connectivity index (χ1v) is 5.87. The van der Waals surface area contributed by atoms with Gasteiger partial charge in [-0.25, -0.2) is 9.59 Å². The van der Waals surface area contributed by atoms with Crippen LogP contribution < -0.4 is 5.32 Å². The third kappa shape index (κ3) is 4.38. The quantitative estimate of drug-likeness (QED) is 0.747. The fourth-order valence-corrected chi connectivity index (χ4v) is 1.19. The number of rotatable bonds is 3. The zero-order valence-corrected chi connectivity index (χ0v) is 11.6. The third-order valence-electron chi connectivity index (χ3n) is 2.04. The SMILES string of the molecule is C[C@H](NC(=O)OC(C)(C)C)C(=O)ON1C(=O)C=CC1=O. The topological polar surface area (TPSA) is 102 Å². The molecule has 20 heavy (non-hydrogen) atoms. The number of nitrogens with one attached hydrogen (secondary N) is 1. The first kappa shape index (κ1) is 15.7. The molecule has 1 heterocycles. The highest BCUT2D eigenvalue weighted by Gasteiger charge is 2.30. The van der Waals surface area contributed by atoms with Crippen LogP contribution in [0, 0.1) is 0 Å². The van der Waals surface area contributed by atoms with E-state index in [0.29, 0.717) is 5.06 Å². The molecule has 0 aromatic heterocycles. The molecule has 1 N–H and O–H groups in total. The number of ether oxygens (including phenoxy) is 1. The lowest BCUT2D eigenvalue weighted by Gasteiger charge is -2.22. The fraction of sp³-hybridized carbons (Fsp3) is 0.500. The Bertz CT molecular complexity index is 459. The second-order valence-electron chi connectivity index (χ2n) is 5.08. The molecule has 0 fully saturated rings. The molecule has 3 amide bonds. The van der Waals surface area contributed by atoms with Crippen molar-refractivity contribution in [3.8, 4) is 0 Å². The molecule has 110 valence electrons. The molecule has 1 aliphatic rings. The summed E-state index contributed by atoms with van der Waals surface area (Å²) in [5.41, 5.74) is -0.710. The van der Waals surface area contributed by atoms with Gasteiger partial charge in [-0.05, 0) is 27.7 Å². The standard InChI is InChI=1S/C12H16N2O6/c1-7(13-11(18)19-12(2,3)4)10(17)20-14-8(15)5-6-9(14)16/h5-7H,1-4H3,(H,13,18)/t7-/m0/s1. The highest BCUT2D eigenvalue weighted by Crippen LogP contribution is 2.08. The Kier molecular flexibility index (Phi) is 4.49. The van der Waals surface area contributed by atoms with Gasteiger partial charge >= 0.3 is 12.1 Å². The molecule has 0 aromatic carbocycles. The summed E-state index contributed by atoms with van der Waals surface area (Å²) in [6, 6.07) is -1.08. The van der Waals surface area contributed by atoms with Gasteiger partial charge in [0.2, 0.25) is 0 Å². The second kappa shape index (κ2) is 5.72. The minimum atomic E-state index is -1.08. The number of nitrogens with zero attached hydrogens (tertiary/aromatic N) is 1. The summed E-state index contributed by atoms with van der Waals surface area (Å²) in [5.74, 6) is -2.47. The summed E-state index contributed by atoms with van der Waals surface area (Å²) in [4.78, 5) is 50.0. The molecule has 0 unspecified atom stereocenters. The zero-order chi connectivity index (χ0) is 15.5. The van der Waals surface area contributed by atoms with Crippen molar-refractivity contribution < 1.29 is 28.8 Å². The average Bonchev–Trinajstić information content (AvgIpc) is 2.57. The van der Waals surface area contributed by atoms with Crippen LogP contribution in [0.25, 0.3) is 0 Å². The molecule has 8 nitrogen and oxygen atoms in total. The lowest BCUT2D eigenvalue weighted by molar-refractivity contribution is -0.197. The van der Waals surface area contributed by atoms with E-state index in [2.05, 4.69) is 10.2 Å². The van der Waals surface area contributed by atoms with E-state index in [-0.39, 0.29) is 0 Å². The molecule has 0 aliphatic carbocycles. The summed E-state index contributed by atoms with van der Waals surface area (Å²) in [6.45, 7) is 6.35. The molecule has 1 aliphatic heterocycles. The lowest BCUT2D eigenvalue weighted by Crippen LogP contribution is -2.45. The highest BCUT2D eigenvalue weighted by atomic mass is 16.7. The van der Waals surface area contributed by atoms with Gasteiger partial charge in [-0.1, -0.05) is 5.06 Å². The molecule has 0 spiro atoms. The van der Waals surface area contributed by atoms with E-state index < -0.39 is 35.5 Å². The van der Waals surface area contributed by atoms with Crippen LogP contribution in [-0.2, 0) is 24.0 Å². The van der Waals surface area contributed by atoms with Crippen molar-refractivity contribution in [1.29, 1.82) is 0 Å². The minimum absolute atomic E-state index is 0.315. The Balaban J connectivity index is 2.50. The number of hydroxylamine groups is 2. The maximum Gasteiger partial charge on any atom is 0.408 e. The van der Waals surface area contributed by atoms with E-state index in [0.717, 1.165) is 12.2 Å². The van der Waals surface area contributed by atoms with E-state index in [4.69, 9.17) is 4.74 Å². The lowest BCUT2D eigenvalue weighted by atomic mass is 10.2. The van der Waals surface area contributed by atoms with Gasteiger partial charge in [0, 0.05) is 12.2 Å². The normalized spacial score (nSPS) is 16.1. The van der Waals surface area contributed by atoms with E-state index >= 15 is 0 Å². The van der Waals surface area contributed by atoms with Crippen molar-refractivity contribution in [3.63, 3.8) is 0 Å². The number of carbonyl (C=O) groups is 4. The molecule has 0 bridgehead atoms. The molecule has 0 saturated heterocycles. The van der Waals surface area contributed by atoms with Crippen molar-refractivity contribution in [2.24, 2.45) is 0 Å². The summed E-state index contributed by atoms with van der Waals surface area (Å²) < 4.78 is 4.95. The van der Waals surface area contributed by atoms with Crippen LogP contribution in [-0.4, -0.2) is 40.6 Å². The number of amides is 3. The number of hydrogen-bond acceptors (Lipinski definition) is 6. The van der Waals surface area contributed by atoms with Gasteiger partial charge in [-0.15, -0.1) is 0 Å². The van der Waals surface area contributed by atoms with E-state index in [9.17, 15) is 19.2 Å². The van der Waals surface area contributed by atoms with Crippen LogP contribution in [0.4, 0.5) is 4.79 Å². The van der Waals surface area contributed by atoms with Gasteiger partial charge in [-0.2, -0.15) is 0 Å². The predicted octanol–water partition coefficient (Wildman–Crippen LogP) is 0.283. The van der Waals surface area contributed by atoms with Crippen molar-refractivity contribution in [2.45, 2.75) is 39.3 Å². The molecular formula is C12H16N2O6. The zero-order valence-electron chi connectivity index (χ0n) is 11.6. The summed E-state index contributed by atoms with van der Waals surface area (Å²) >= 11 is 0. The number of alkyl carbamates (subject to hydrolysis) is 1. The Morgan fingerprint density at radius 3 is 2.15 bits per heavy atom. The highest BCUT2D eigenvalue weighted by molar-refractivity contribution is 6.12. The molecule has 1 rings (SSSR count). The van der Waals surface area contributed by atoms with Crippen LogP contribution in [0.2, 0.25) is 0 Å². The van der Waals surface area contributed by atoms with Crippen LogP contribution in [0.15, 0.2) is 12.2 Å². The summed E-state index contributed by atoms with van der Waals surface area (Å²) in [6.07, 6.45) is 1.14. The first-order chi connectivity index (χ1) is 9.10. The van der Waals surface area contributed by atoms with Crippen LogP contribution >= 0.6 is 0 Å². The van der Waals surface area contributed by atoms with E-state index in [1.165, 1.54) is 6.92 Å². The Morgan fingerprint density at radius 2 is 1.70 bits per heavy atom. The Morgan fingerprint density at radius 1 is 1.20 bits per heavy atom. The van der Waals surface area contributed by atoms with Gasteiger partial charge in [-0.3, -0.25) is 9.59 Å². The van der Waals surface area contributed by atoms with E-state index in [1.807, 2.05) is 0 Å². The molecule has 1 atom stereocenters. The number of imide groups is 1. The van der Waals surface area contributed by atoms with Crippen LogP contribution in [0.5, 0.6) is 0 Å². The van der Waals surface area contributed by atoms with Crippen molar-refractivity contribution in [3.05, 3.63) is 12.2 Å². The van der Waals surface area contributed by atoms with E-state index in [1.54, 1.807) is 20.8 Å². The number of carbonyl (C=O) groups excluding carboxylic acids is 4. The number of hydrogen-bond donors (Lipinski definition) is 1. The molecule has 0 saturated carbocycles. The third-order valence-corrected chi connectivity index (χ3v) is 2.04. The van der Waals surface area contributed by atoms with Gasteiger partial charge in [0.25, 0.3) is 11.8 Å². The summed E-state index contributed by atoms with van der Waals surface area (Å²) in [5, 5.41) is 2.55. The van der Waals surface area contributed by atoms with Gasteiger partial charge in [0.15, 0.2) is 0 Å². The molecule has 8 heteroatoms. The molecular weight excluding hydrogens is 268 g/mol. The van der Waals surface area contributed by atoms with Crippen molar-refractivity contribution in [1.82, 2.24) is 10.4 Å². The largest absolute Gasteiger partial charge is 0.444 e. The van der Waals surface area contributed by atoms with Crippen LogP contribution in [0.1, 0.15) is 27.7 Å². The Hall–Kier alpha value is -2.38. The smallest absolute Gasteiger partial charge is 0.408 e. The Labute approximate surface area is 115 Å². The molecule has 0 radical (unpaired) electrons. The predicted molar refractivity (Wildman–Crippen MR) is 65.9 cm³/mol. The van der Waals surface area contributed by atoms with Gasteiger partial charge in [0.1, 0.15) is 11.6 Å². The average molecular weight is 284 g/mol. The van der Waals surface area contributed by atoms with Crippen LogP contribution in [0.3, 0.4) is 0 Å². The van der Waals surface area contributed by atoms with Crippen molar-refractivity contribution in [2.75, 3.05) is 0 Å². The van der Waals surface area contributed by atoms with Gasteiger partial charge < -0.3 is 14.9 Å². The monoisotopic (exact) mass is 284 g/mol. The second-order valence-corrected chi connectivity index (χ2v) is 5.08. The fourth-order valence-electron chi connectivity index (χ4n) is 1.19. The van der Waals surface area contributed by atoms with Crippen molar-refractivity contribution >= 4 is 23.9 Å². The van der Waals surface area contributed by atoms with Gasteiger partial charge in [0.05, 0.1) is 0 Å². The first-order valence-electron chi connectivity index (χ1n) is 5.87. The maximum atomic E-state index is 11.6. The minimum Gasteiger partial charge on any atom is -0.444 e. The maximum absolute atomic E-state index is 11.6. The molecule has 0 aromatic rings. The summed E-state index contributed by atoms with van der Waals surface area (Å²) in [7, 11) is 0.